The highest BCUT2D eigenvalue weighted by Crippen LogP contribution is 2.62. The third kappa shape index (κ3) is 4.08. The Hall–Kier alpha value is -2.28. The highest BCUT2D eigenvalue weighted by Gasteiger charge is 2.66. The van der Waals surface area contributed by atoms with Gasteiger partial charge in [-0.2, -0.15) is 0 Å². The van der Waals surface area contributed by atoms with Gasteiger partial charge in [-0.15, -0.1) is 0 Å². The van der Waals surface area contributed by atoms with Gasteiger partial charge in [-0.05, 0) is 73.9 Å². The number of likely N-dealkylation sites (tertiary alicyclic amines) is 1. The highest BCUT2D eigenvalue weighted by molar-refractivity contribution is 6.42. The number of carbonyl (C=O) groups excluding carboxylic acids is 2. The second-order valence-corrected chi connectivity index (χ2v) is 13.0. The number of piperidine rings is 1. The molecule has 0 aromatic heterocycles. The molecule has 1 saturated heterocycles. The molecular formula is C31H34Cl2N2O4. The largest absolute Gasteiger partial charge is 0.487 e. The van der Waals surface area contributed by atoms with Crippen molar-refractivity contribution in [3.63, 3.8) is 0 Å². The first-order valence-electron chi connectivity index (χ1n) is 14.2. The Labute approximate surface area is 239 Å². The summed E-state index contributed by atoms with van der Waals surface area (Å²) >= 11 is 12.3. The molecule has 2 bridgehead atoms. The first-order chi connectivity index (χ1) is 18.8. The molecule has 5 aliphatic rings. The minimum Gasteiger partial charge on any atom is -0.487 e. The number of benzene rings is 2. The van der Waals surface area contributed by atoms with Crippen molar-refractivity contribution in [2.24, 2.45) is 11.8 Å². The van der Waals surface area contributed by atoms with E-state index >= 15 is 0 Å². The molecule has 6 nitrogen and oxygen atoms in total. The molecule has 2 aliphatic heterocycles. The zero-order valence-electron chi connectivity index (χ0n) is 22.4. The summed E-state index contributed by atoms with van der Waals surface area (Å²) in [5.41, 5.74) is 3.61. The molecule has 1 amide bonds. The number of esters is 1. The van der Waals surface area contributed by atoms with Crippen LogP contribution in [-0.2, 0) is 32.6 Å². The molecule has 3 aliphatic carbocycles. The normalized spacial score (nSPS) is 33.6. The van der Waals surface area contributed by atoms with Crippen molar-refractivity contribution in [1.82, 2.24) is 9.80 Å². The van der Waals surface area contributed by atoms with E-state index in [-0.39, 0.29) is 42.0 Å². The van der Waals surface area contributed by atoms with Gasteiger partial charge in [0.05, 0.1) is 22.5 Å². The number of rotatable bonds is 6. The standard InChI is InChI=1S/C31H34Cl2N2O4/c1-17(36)38-27-15-20(27)16-35-11-10-31-21-7-9-24(34(2)28(37)13-18-6-8-22(32)23(33)12-18)30(31)39-26-5-3-4-19(29(26)31)14-25(21)35/h3-6,8,12,20-21,24-25,27,30H,7,9-11,13-16H2,1-2H3/t20?,21-,24+,25+,27?,30-,31-/m0/s1. The van der Waals surface area contributed by atoms with Crippen LogP contribution in [0.4, 0.5) is 0 Å². The number of halogens is 2. The summed E-state index contributed by atoms with van der Waals surface area (Å²) in [6, 6.07) is 12.4. The molecule has 1 spiro atoms. The van der Waals surface area contributed by atoms with E-state index in [1.807, 2.05) is 18.0 Å². The van der Waals surface area contributed by atoms with Crippen LogP contribution in [0.25, 0.3) is 0 Å². The molecule has 206 valence electrons. The average Bonchev–Trinajstić information content (AvgIpc) is 3.53. The molecule has 7 atom stereocenters. The lowest BCUT2D eigenvalue weighted by Gasteiger charge is -2.60. The summed E-state index contributed by atoms with van der Waals surface area (Å²) in [6.07, 6.45) is 5.34. The van der Waals surface area contributed by atoms with Gasteiger partial charge in [0.25, 0.3) is 0 Å². The number of hydrogen-bond acceptors (Lipinski definition) is 5. The van der Waals surface area contributed by atoms with Gasteiger partial charge in [0.2, 0.25) is 5.91 Å². The van der Waals surface area contributed by atoms with Crippen molar-refractivity contribution in [3.8, 4) is 5.75 Å². The Bertz CT molecular complexity index is 1350. The van der Waals surface area contributed by atoms with Crippen molar-refractivity contribution in [2.75, 3.05) is 20.1 Å². The molecule has 2 unspecified atom stereocenters. The minimum absolute atomic E-state index is 0.0128. The maximum absolute atomic E-state index is 13.5. The molecule has 2 aromatic rings. The van der Waals surface area contributed by atoms with Crippen molar-refractivity contribution in [1.29, 1.82) is 0 Å². The maximum atomic E-state index is 13.5. The lowest BCUT2D eigenvalue weighted by Crippen LogP contribution is -2.69. The molecule has 0 N–H and O–H groups in total. The Morgan fingerprint density at radius 2 is 2.03 bits per heavy atom. The zero-order chi connectivity index (χ0) is 27.1. The first kappa shape index (κ1) is 25.7. The van der Waals surface area contributed by atoms with Crippen molar-refractivity contribution >= 4 is 35.1 Å². The fraction of sp³-hybridized carbons (Fsp3) is 0.548. The van der Waals surface area contributed by atoms with E-state index in [1.54, 1.807) is 12.1 Å². The fourth-order valence-electron chi connectivity index (χ4n) is 8.40. The van der Waals surface area contributed by atoms with Crippen molar-refractivity contribution in [3.05, 3.63) is 63.1 Å². The van der Waals surface area contributed by atoms with Crippen LogP contribution >= 0.6 is 23.2 Å². The Morgan fingerprint density at radius 1 is 1.18 bits per heavy atom. The van der Waals surface area contributed by atoms with Gasteiger partial charge in [-0.3, -0.25) is 14.5 Å². The molecule has 2 aromatic carbocycles. The van der Waals surface area contributed by atoms with E-state index in [9.17, 15) is 9.59 Å². The smallest absolute Gasteiger partial charge is 0.302 e. The molecule has 2 saturated carbocycles. The van der Waals surface area contributed by atoms with Crippen LogP contribution in [0.5, 0.6) is 5.75 Å². The van der Waals surface area contributed by atoms with Crippen LogP contribution in [0.2, 0.25) is 10.0 Å². The van der Waals surface area contributed by atoms with Crippen LogP contribution < -0.4 is 4.74 Å². The van der Waals surface area contributed by atoms with Gasteiger partial charge in [0.15, 0.2) is 0 Å². The number of ether oxygens (including phenoxy) is 2. The molecule has 7 rings (SSSR count). The summed E-state index contributed by atoms with van der Waals surface area (Å²) < 4.78 is 12.3. The molecule has 0 radical (unpaired) electrons. The Morgan fingerprint density at radius 3 is 2.82 bits per heavy atom. The van der Waals surface area contributed by atoms with E-state index in [0.717, 1.165) is 56.5 Å². The summed E-state index contributed by atoms with van der Waals surface area (Å²) in [6.45, 7) is 3.49. The maximum Gasteiger partial charge on any atom is 0.302 e. The van der Waals surface area contributed by atoms with Gasteiger partial charge in [0.1, 0.15) is 18.0 Å². The van der Waals surface area contributed by atoms with E-state index in [2.05, 4.69) is 23.1 Å². The predicted octanol–water partition coefficient (Wildman–Crippen LogP) is 5.05. The fourth-order valence-corrected chi connectivity index (χ4v) is 8.72. The van der Waals surface area contributed by atoms with Crippen LogP contribution in [0.15, 0.2) is 36.4 Å². The van der Waals surface area contributed by atoms with Crippen molar-refractivity contribution < 1.29 is 19.1 Å². The first-order valence-corrected chi connectivity index (χ1v) is 14.9. The second kappa shape index (κ2) is 9.39. The lowest BCUT2D eigenvalue weighted by atomic mass is 9.51. The molecule has 3 fully saturated rings. The Kier molecular flexibility index (Phi) is 6.18. The molecule has 2 heterocycles. The second-order valence-electron chi connectivity index (χ2n) is 12.2. The van der Waals surface area contributed by atoms with Gasteiger partial charge in [-0.25, -0.2) is 0 Å². The number of hydrogen-bond donors (Lipinski definition) is 0. The van der Waals surface area contributed by atoms with Gasteiger partial charge >= 0.3 is 5.97 Å². The summed E-state index contributed by atoms with van der Waals surface area (Å²) in [4.78, 5) is 29.6. The Balaban J connectivity index is 1.15. The van der Waals surface area contributed by atoms with Crippen LogP contribution in [0.3, 0.4) is 0 Å². The molecular weight excluding hydrogens is 535 g/mol. The van der Waals surface area contributed by atoms with Gasteiger partial charge in [0, 0.05) is 43.5 Å². The number of amides is 1. The third-order valence-corrected chi connectivity index (χ3v) is 10.9. The van der Waals surface area contributed by atoms with E-state index in [1.165, 1.54) is 18.1 Å². The van der Waals surface area contributed by atoms with Gasteiger partial charge in [-0.1, -0.05) is 41.4 Å². The van der Waals surface area contributed by atoms with Gasteiger partial charge < -0.3 is 14.4 Å². The van der Waals surface area contributed by atoms with Crippen LogP contribution in [0, 0.1) is 11.8 Å². The lowest BCUT2D eigenvalue weighted by molar-refractivity contribution is -0.142. The third-order valence-electron chi connectivity index (χ3n) is 10.2. The predicted molar refractivity (Wildman–Crippen MR) is 149 cm³/mol. The molecule has 8 heteroatoms. The SMILES string of the molecule is CC(=O)OC1CC1CN1CC[C@]23c4c5cccc4O[C@H]2[C@H](N(C)C(=O)Cc2ccc(Cl)c(Cl)c2)CC[C@H]3[C@H]1C5. The monoisotopic (exact) mass is 568 g/mol. The summed E-state index contributed by atoms with van der Waals surface area (Å²) in [5, 5.41) is 0.963. The number of nitrogens with zero attached hydrogens (tertiary/aromatic N) is 2. The average molecular weight is 570 g/mol. The number of carbonyl (C=O) groups is 2. The van der Waals surface area contributed by atoms with E-state index in [4.69, 9.17) is 32.7 Å². The molecule has 39 heavy (non-hydrogen) atoms. The number of likely N-dealkylation sites (N-methyl/N-ethyl adjacent to an activating group) is 1. The summed E-state index contributed by atoms with van der Waals surface area (Å²) in [7, 11) is 1.94. The highest BCUT2D eigenvalue weighted by atomic mass is 35.5. The van der Waals surface area contributed by atoms with E-state index in [0.29, 0.717) is 27.9 Å². The zero-order valence-corrected chi connectivity index (χ0v) is 23.9. The van der Waals surface area contributed by atoms with Crippen LogP contribution in [0.1, 0.15) is 49.3 Å². The van der Waals surface area contributed by atoms with Crippen LogP contribution in [-0.4, -0.2) is 66.1 Å². The van der Waals surface area contributed by atoms with E-state index < -0.39 is 0 Å². The summed E-state index contributed by atoms with van der Waals surface area (Å²) in [5.74, 6) is 1.84. The minimum atomic E-state index is -0.179. The topological polar surface area (TPSA) is 59.1 Å². The van der Waals surface area contributed by atoms with Crippen molar-refractivity contribution in [2.45, 2.75) is 75.2 Å². The quantitative estimate of drug-likeness (QED) is 0.456.